The van der Waals surface area contributed by atoms with Crippen LogP contribution < -0.4 is 14.8 Å². The van der Waals surface area contributed by atoms with Crippen LogP contribution in [-0.4, -0.2) is 34.6 Å². The summed E-state index contributed by atoms with van der Waals surface area (Å²) in [6, 6.07) is 18.5. The fraction of sp³-hybridized carbons (Fsp3) is 0.100. The Kier molecular flexibility index (Phi) is 4.83. The van der Waals surface area contributed by atoms with Crippen LogP contribution in [0.2, 0.25) is 0 Å². The van der Waals surface area contributed by atoms with Crippen molar-refractivity contribution in [1.82, 2.24) is 20.3 Å². The van der Waals surface area contributed by atoms with Crippen LogP contribution >= 0.6 is 0 Å². The van der Waals surface area contributed by atoms with Gasteiger partial charge in [0, 0.05) is 17.3 Å². The molecule has 0 aliphatic rings. The van der Waals surface area contributed by atoms with Crippen LogP contribution in [0, 0.1) is 0 Å². The van der Waals surface area contributed by atoms with Gasteiger partial charge in [0.05, 0.1) is 14.2 Å². The smallest absolute Gasteiger partial charge is 0.278 e. The lowest BCUT2D eigenvalue weighted by Gasteiger charge is -2.06. The summed E-state index contributed by atoms with van der Waals surface area (Å²) >= 11 is 0. The van der Waals surface area contributed by atoms with Gasteiger partial charge in [0.15, 0.2) is 11.5 Å². The number of hydrogen-bond donors (Lipinski definition) is 1. The first-order chi connectivity index (χ1) is 13.7. The van der Waals surface area contributed by atoms with Crippen molar-refractivity contribution >= 4 is 11.5 Å². The van der Waals surface area contributed by atoms with Crippen LogP contribution in [0.4, 0.5) is 11.5 Å². The number of aromatic nitrogens is 4. The van der Waals surface area contributed by atoms with Crippen molar-refractivity contribution in [3.05, 3.63) is 60.7 Å². The Balaban J connectivity index is 1.50. The van der Waals surface area contributed by atoms with Crippen molar-refractivity contribution in [3.8, 4) is 34.5 Å². The highest BCUT2D eigenvalue weighted by Gasteiger charge is 2.12. The predicted octanol–water partition coefficient (Wildman–Crippen LogP) is 3.95. The highest BCUT2D eigenvalue weighted by Crippen LogP contribution is 2.24. The maximum atomic E-state index is 5.32. The molecule has 0 amide bonds. The zero-order chi connectivity index (χ0) is 19.3. The van der Waals surface area contributed by atoms with Crippen LogP contribution in [-0.2, 0) is 0 Å². The average molecular weight is 375 g/mol. The van der Waals surface area contributed by atoms with E-state index in [0.29, 0.717) is 23.2 Å². The first-order valence-corrected chi connectivity index (χ1v) is 8.48. The molecule has 8 nitrogen and oxygen atoms in total. The molecule has 0 atom stereocenters. The number of benzene rings is 2. The Morgan fingerprint density at radius 3 is 2.39 bits per heavy atom. The summed E-state index contributed by atoms with van der Waals surface area (Å²) in [6.07, 6.45) is 0. The Bertz CT molecular complexity index is 1060. The molecular weight excluding hydrogens is 358 g/mol. The van der Waals surface area contributed by atoms with Crippen molar-refractivity contribution in [2.24, 2.45) is 0 Å². The fourth-order valence-corrected chi connectivity index (χ4v) is 2.55. The number of rotatable bonds is 6. The second kappa shape index (κ2) is 7.75. The lowest BCUT2D eigenvalue weighted by molar-refractivity contribution is 0.414. The third-order valence-corrected chi connectivity index (χ3v) is 4.00. The van der Waals surface area contributed by atoms with E-state index in [0.717, 1.165) is 22.7 Å². The number of anilines is 2. The molecule has 2 aromatic heterocycles. The van der Waals surface area contributed by atoms with E-state index in [9.17, 15) is 0 Å². The standard InChI is InChI=1S/C20H17N5O3/c1-26-15-8-6-13(7-9-15)19-22-20(28-25-19)17-10-11-18(24-23-17)21-14-4-3-5-16(12-14)27-2/h3-12H,1-2H3,(H,21,24). The van der Waals surface area contributed by atoms with Crippen LogP contribution in [0.1, 0.15) is 0 Å². The summed E-state index contributed by atoms with van der Waals surface area (Å²) < 4.78 is 15.7. The van der Waals surface area contributed by atoms with Gasteiger partial charge < -0.3 is 19.3 Å². The van der Waals surface area contributed by atoms with Crippen molar-refractivity contribution in [3.63, 3.8) is 0 Å². The Labute approximate surface area is 161 Å². The van der Waals surface area contributed by atoms with E-state index in [-0.39, 0.29) is 0 Å². The molecular formula is C20H17N5O3. The summed E-state index contributed by atoms with van der Waals surface area (Å²) in [4.78, 5) is 4.38. The van der Waals surface area contributed by atoms with Gasteiger partial charge in [-0.05, 0) is 48.5 Å². The first kappa shape index (κ1) is 17.5. The van der Waals surface area contributed by atoms with Gasteiger partial charge in [-0.15, -0.1) is 10.2 Å². The second-order valence-corrected chi connectivity index (χ2v) is 5.81. The summed E-state index contributed by atoms with van der Waals surface area (Å²) in [5, 5.41) is 15.5. The van der Waals surface area contributed by atoms with Gasteiger partial charge >= 0.3 is 0 Å². The third kappa shape index (κ3) is 3.75. The predicted molar refractivity (Wildman–Crippen MR) is 104 cm³/mol. The molecule has 2 heterocycles. The van der Waals surface area contributed by atoms with Gasteiger partial charge in [-0.25, -0.2) is 0 Å². The molecule has 0 unspecified atom stereocenters. The largest absolute Gasteiger partial charge is 0.497 e. The number of nitrogens with one attached hydrogen (secondary N) is 1. The Morgan fingerprint density at radius 2 is 1.68 bits per heavy atom. The summed E-state index contributed by atoms with van der Waals surface area (Å²) in [7, 11) is 3.24. The van der Waals surface area contributed by atoms with Crippen molar-refractivity contribution in [2.45, 2.75) is 0 Å². The minimum Gasteiger partial charge on any atom is -0.497 e. The van der Waals surface area contributed by atoms with Crippen molar-refractivity contribution < 1.29 is 14.0 Å². The third-order valence-electron chi connectivity index (χ3n) is 4.00. The van der Waals surface area contributed by atoms with Crippen LogP contribution in [0.3, 0.4) is 0 Å². The van der Waals surface area contributed by atoms with E-state index in [4.69, 9.17) is 14.0 Å². The van der Waals surface area contributed by atoms with E-state index in [1.807, 2.05) is 48.5 Å². The molecule has 8 heteroatoms. The highest BCUT2D eigenvalue weighted by molar-refractivity contribution is 5.61. The molecule has 2 aromatic carbocycles. The fourth-order valence-electron chi connectivity index (χ4n) is 2.55. The lowest BCUT2D eigenvalue weighted by Crippen LogP contribution is -1.97. The average Bonchev–Trinajstić information content (AvgIpc) is 3.25. The zero-order valence-electron chi connectivity index (χ0n) is 15.3. The molecule has 0 bridgehead atoms. The number of nitrogens with zero attached hydrogens (tertiary/aromatic N) is 4. The van der Waals surface area contributed by atoms with Crippen LogP contribution in [0.5, 0.6) is 11.5 Å². The normalized spacial score (nSPS) is 10.5. The maximum Gasteiger partial charge on any atom is 0.278 e. The molecule has 0 saturated carbocycles. The first-order valence-electron chi connectivity index (χ1n) is 8.48. The van der Waals surface area contributed by atoms with Crippen LogP contribution in [0.25, 0.3) is 23.0 Å². The van der Waals surface area contributed by atoms with Crippen molar-refractivity contribution in [2.75, 3.05) is 19.5 Å². The topological polar surface area (TPSA) is 95.2 Å². The van der Waals surface area contributed by atoms with E-state index in [2.05, 4.69) is 25.7 Å². The quantitative estimate of drug-likeness (QED) is 0.541. The summed E-state index contributed by atoms with van der Waals surface area (Å²) in [5.41, 5.74) is 2.16. The molecule has 0 aliphatic carbocycles. The molecule has 0 spiro atoms. The van der Waals surface area contributed by atoms with E-state index in [1.165, 1.54) is 0 Å². The number of hydrogen-bond acceptors (Lipinski definition) is 8. The Hall–Kier alpha value is -3.94. The summed E-state index contributed by atoms with van der Waals surface area (Å²) in [6.45, 7) is 0. The zero-order valence-corrected chi connectivity index (χ0v) is 15.3. The highest BCUT2D eigenvalue weighted by atomic mass is 16.5. The Morgan fingerprint density at radius 1 is 0.857 bits per heavy atom. The number of methoxy groups -OCH3 is 2. The van der Waals surface area contributed by atoms with E-state index < -0.39 is 0 Å². The molecule has 28 heavy (non-hydrogen) atoms. The molecule has 140 valence electrons. The second-order valence-electron chi connectivity index (χ2n) is 5.81. The van der Waals surface area contributed by atoms with Gasteiger partial charge in [0.2, 0.25) is 5.82 Å². The minimum absolute atomic E-state index is 0.297. The molecule has 0 fully saturated rings. The SMILES string of the molecule is COc1ccc(-c2noc(-c3ccc(Nc4cccc(OC)c4)nn3)n2)cc1. The van der Waals surface area contributed by atoms with Crippen LogP contribution in [0.15, 0.2) is 65.2 Å². The molecule has 1 N–H and O–H groups in total. The van der Waals surface area contributed by atoms with Gasteiger partial charge in [-0.2, -0.15) is 4.98 Å². The van der Waals surface area contributed by atoms with Crippen molar-refractivity contribution in [1.29, 1.82) is 0 Å². The molecule has 4 rings (SSSR count). The summed E-state index contributed by atoms with van der Waals surface area (Å²) in [5.74, 6) is 2.88. The lowest BCUT2D eigenvalue weighted by atomic mass is 10.2. The number of ether oxygens (including phenoxy) is 2. The minimum atomic E-state index is 0.297. The molecule has 4 aromatic rings. The van der Waals surface area contributed by atoms with Gasteiger partial charge in [-0.1, -0.05) is 11.2 Å². The molecule has 0 radical (unpaired) electrons. The van der Waals surface area contributed by atoms with E-state index in [1.54, 1.807) is 26.4 Å². The maximum absolute atomic E-state index is 5.32. The monoisotopic (exact) mass is 375 g/mol. The van der Waals surface area contributed by atoms with Gasteiger partial charge in [0.25, 0.3) is 5.89 Å². The molecule has 0 saturated heterocycles. The van der Waals surface area contributed by atoms with Gasteiger partial charge in [-0.3, -0.25) is 0 Å². The van der Waals surface area contributed by atoms with Gasteiger partial charge in [0.1, 0.15) is 11.5 Å². The van der Waals surface area contributed by atoms with E-state index >= 15 is 0 Å². The molecule has 0 aliphatic heterocycles.